The van der Waals surface area contributed by atoms with Crippen LogP contribution >= 0.6 is 11.5 Å². The Morgan fingerprint density at radius 3 is 2.24 bits per heavy atom. The average Bonchev–Trinajstić information content (AvgIpc) is 3.30. The minimum absolute atomic E-state index is 0.234. The van der Waals surface area contributed by atoms with Crippen LogP contribution in [0.5, 0.6) is 0 Å². The topological polar surface area (TPSA) is 60.5 Å². The molecule has 1 aliphatic rings. The molecule has 0 aliphatic carbocycles. The van der Waals surface area contributed by atoms with Gasteiger partial charge < -0.3 is 15.5 Å². The van der Waals surface area contributed by atoms with Crippen LogP contribution in [0.25, 0.3) is 10.1 Å². The van der Waals surface area contributed by atoms with Gasteiger partial charge in [0.15, 0.2) is 0 Å². The first-order chi connectivity index (χ1) is 16.6. The van der Waals surface area contributed by atoms with E-state index in [1.54, 1.807) is 11.5 Å². The molecule has 1 aromatic heterocycles. The molecule has 34 heavy (non-hydrogen) atoms. The first-order valence-corrected chi connectivity index (χ1v) is 12.5. The molecule has 0 unspecified atom stereocenters. The zero-order valence-corrected chi connectivity index (χ0v) is 20.1. The summed E-state index contributed by atoms with van der Waals surface area (Å²) in [5.74, 6) is 1.13. The lowest BCUT2D eigenvalue weighted by atomic mass is 10.1. The lowest BCUT2D eigenvalue weighted by Crippen LogP contribution is -2.47. The van der Waals surface area contributed by atoms with Crippen LogP contribution in [0.15, 0.2) is 72.8 Å². The minimum atomic E-state index is -0.234. The van der Waals surface area contributed by atoms with E-state index >= 15 is 0 Å². The van der Waals surface area contributed by atoms with E-state index in [0.717, 1.165) is 61.9 Å². The summed E-state index contributed by atoms with van der Waals surface area (Å²) in [6.45, 7) is 7.16. The van der Waals surface area contributed by atoms with E-state index < -0.39 is 0 Å². The molecule has 2 N–H and O–H groups in total. The summed E-state index contributed by atoms with van der Waals surface area (Å²) in [7, 11) is 0. The summed E-state index contributed by atoms with van der Waals surface area (Å²) in [5, 5.41) is 7.02. The normalized spacial score (nSPS) is 14.3. The van der Waals surface area contributed by atoms with E-state index in [2.05, 4.69) is 56.8 Å². The quantitative estimate of drug-likeness (QED) is 0.384. The summed E-state index contributed by atoms with van der Waals surface area (Å²) >= 11 is 1.59. The number of aromatic nitrogens is 1. The van der Waals surface area contributed by atoms with Crippen LogP contribution < -0.4 is 15.5 Å². The number of carbonyl (C=O) groups is 1. The predicted molar refractivity (Wildman–Crippen MR) is 142 cm³/mol. The van der Waals surface area contributed by atoms with E-state index in [0.29, 0.717) is 0 Å². The fraction of sp³-hybridized carbons (Fsp3) is 0.259. The Bertz CT molecular complexity index is 1240. The first-order valence-electron chi connectivity index (χ1n) is 11.7. The lowest BCUT2D eigenvalue weighted by Gasteiger charge is -2.35. The molecule has 0 spiro atoms. The maximum Gasteiger partial charge on any atom is 0.323 e. The molecule has 4 aromatic rings. The Kier molecular flexibility index (Phi) is 6.74. The molecule has 2 heterocycles. The van der Waals surface area contributed by atoms with E-state index in [1.165, 1.54) is 15.6 Å². The van der Waals surface area contributed by atoms with Gasteiger partial charge in [-0.15, -0.1) is 0 Å². The van der Waals surface area contributed by atoms with Gasteiger partial charge in [-0.3, -0.25) is 4.90 Å². The number of anilines is 3. The molecule has 6 nitrogen and oxygen atoms in total. The van der Waals surface area contributed by atoms with E-state index in [1.807, 2.05) is 43.3 Å². The molecule has 0 bridgehead atoms. The highest BCUT2D eigenvalue weighted by molar-refractivity contribution is 7.13. The van der Waals surface area contributed by atoms with Gasteiger partial charge in [0.2, 0.25) is 0 Å². The van der Waals surface area contributed by atoms with Crippen molar-refractivity contribution in [3.63, 3.8) is 0 Å². The highest BCUT2D eigenvalue weighted by Gasteiger charge is 2.20. The summed E-state index contributed by atoms with van der Waals surface area (Å²) in [5.41, 5.74) is 4.01. The van der Waals surface area contributed by atoms with Crippen LogP contribution in [0.4, 0.5) is 22.0 Å². The molecule has 5 rings (SSSR count). The van der Waals surface area contributed by atoms with Crippen LogP contribution in [-0.4, -0.2) is 48.0 Å². The zero-order chi connectivity index (χ0) is 23.3. The molecular weight excluding hydrogens is 442 g/mol. The molecule has 3 aromatic carbocycles. The van der Waals surface area contributed by atoms with Crippen LogP contribution in [-0.2, 0) is 6.42 Å². The van der Waals surface area contributed by atoms with Crippen molar-refractivity contribution in [2.45, 2.75) is 13.3 Å². The van der Waals surface area contributed by atoms with Crippen LogP contribution in [0.3, 0.4) is 0 Å². The molecule has 1 aliphatic heterocycles. The predicted octanol–water partition coefficient (Wildman–Crippen LogP) is 5.61. The number of hydrogen-bond acceptors (Lipinski definition) is 5. The Labute approximate surface area is 204 Å². The largest absolute Gasteiger partial charge is 0.353 e. The number of carbonyl (C=O) groups excluding carboxylic acids is 1. The van der Waals surface area contributed by atoms with E-state index in [-0.39, 0.29) is 6.03 Å². The fourth-order valence-electron chi connectivity index (χ4n) is 4.26. The van der Waals surface area contributed by atoms with Crippen molar-refractivity contribution < 1.29 is 4.79 Å². The Balaban J connectivity index is 1.07. The van der Waals surface area contributed by atoms with Gasteiger partial charge in [-0.25, -0.2) is 4.79 Å². The lowest BCUT2D eigenvalue weighted by molar-refractivity contribution is 0.260. The SMILES string of the molecule is Cc1ccc(NC(=O)Nc2ccc(CCN3CCN(c4nsc5ccccc45)CC3)cc2)cc1. The standard InChI is InChI=1S/C27H29N5OS/c1-20-6-10-22(11-7-20)28-27(33)29-23-12-8-21(9-13-23)14-15-31-16-18-32(19-17-31)26-24-4-2-3-5-25(24)34-30-26/h2-13H,14-19H2,1H3,(H2,28,29,33). The third-order valence-corrected chi connectivity index (χ3v) is 7.09. The molecule has 0 atom stereocenters. The number of fused-ring (bicyclic) bond motifs is 1. The maximum atomic E-state index is 12.2. The second-order valence-corrected chi connectivity index (χ2v) is 9.53. The van der Waals surface area contributed by atoms with Crippen molar-refractivity contribution in [2.75, 3.05) is 48.3 Å². The molecule has 174 valence electrons. The van der Waals surface area contributed by atoms with Crippen molar-refractivity contribution in [2.24, 2.45) is 0 Å². The highest BCUT2D eigenvalue weighted by atomic mass is 32.1. The number of nitrogens with zero attached hydrogens (tertiary/aromatic N) is 3. The number of nitrogens with one attached hydrogen (secondary N) is 2. The fourth-order valence-corrected chi connectivity index (χ4v) is 5.05. The number of piperazine rings is 1. The number of urea groups is 1. The Morgan fingerprint density at radius 1 is 0.882 bits per heavy atom. The molecule has 0 radical (unpaired) electrons. The molecule has 2 amide bonds. The number of amides is 2. The monoisotopic (exact) mass is 471 g/mol. The van der Waals surface area contributed by atoms with Gasteiger partial charge in [-0.05, 0) is 66.8 Å². The second kappa shape index (κ2) is 10.2. The molecule has 7 heteroatoms. The zero-order valence-electron chi connectivity index (χ0n) is 19.3. The molecule has 1 saturated heterocycles. The van der Waals surface area contributed by atoms with Crippen LogP contribution in [0.1, 0.15) is 11.1 Å². The van der Waals surface area contributed by atoms with Gasteiger partial charge >= 0.3 is 6.03 Å². The van der Waals surface area contributed by atoms with Crippen molar-refractivity contribution in [1.82, 2.24) is 9.27 Å². The smallest absolute Gasteiger partial charge is 0.323 e. The molecule has 0 saturated carbocycles. The summed E-state index contributed by atoms with van der Waals surface area (Å²) in [4.78, 5) is 17.2. The number of hydrogen-bond donors (Lipinski definition) is 2. The van der Waals surface area contributed by atoms with Gasteiger partial charge in [0.05, 0.1) is 4.70 Å². The Morgan fingerprint density at radius 2 is 1.53 bits per heavy atom. The van der Waals surface area contributed by atoms with Crippen LogP contribution in [0.2, 0.25) is 0 Å². The number of rotatable bonds is 6. The van der Waals surface area contributed by atoms with Crippen molar-refractivity contribution in [3.05, 3.63) is 83.9 Å². The van der Waals surface area contributed by atoms with Gasteiger partial charge in [-0.2, -0.15) is 4.37 Å². The summed E-state index contributed by atoms with van der Waals surface area (Å²) in [6.07, 6.45) is 0.996. The third-order valence-electron chi connectivity index (χ3n) is 6.27. The van der Waals surface area contributed by atoms with Gasteiger partial charge in [-0.1, -0.05) is 42.0 Å². The van der Waals surface area contributed by atoms with Crippen molar-refractivity contribution in [3.8, 4) is 0 Å². The maximum absolute atomic E-state index is 12.2. The molecule has 1 fully saturated rings. The van der Waals surface area contributed by atoms with Crippen LogP contribution in [0, 0.1) is 6.92 Å². The minimum Gasteiger partial charge on any atom is -0.353 e. The van der Waals surface area contributed by atoms with Gasteiger partial charge in [0, 0.05) is 49.5 Å². The molecular formula is C27H29N5OS. The van der Waals surface area contributed by atoms with E-state index in [4.69, 9.17) is 4.37 Å². The van der Waals surface area contributed by atoms with Crippen molar-refractivity contribution in [1.29, 1.82) is 0 Å². The Hall–Kier alpha value is -3.42. The number of aryl methyl sites for hydroxylation is 1. The van der Waals surface area contributed by atoms with E-state index in [9.17, 15) is 4.79 Å². The van der Waals surface area contributed by atoms with Crippen molar-refractivity contribution >= 4 is 44.8 Å². The average molecular weight is 472 g/mol. The first kappa shape index (κ1) is 22.4. The second-order valence-electron chi connectivity index (χ2n) is 8.72. The third kappa shape index (κ3) is 5.38. The highest BCUT2D eigenvalue weighted by Crippen LogP contribution is 2.29. The van der Waals surface area contributed by atoms with Gasteiger partial charge in [0.25, 0.3) is 0 Å². The summed E-state index contributed by atoms with van der Waals surface area (Å²) in [6, 6.07) is 24.1. The van der Waals surface area contributed by atoms with Gasteiger partial charge in [0.1, 0.15) is 5.82 Å². The number of benzene rings is 3. The summed E-state index contributed by atoms with van der Waals surface area (Å²) < 4.78 is 5.96.